The van der Waals surface area contributed by atoms with Gasteiger partial charge in [0, 0.05) is 44.0 Å². The first-order valence-electron chi connectivity index (χ1n) is 11.7. The Morgan fingerprint density at radius 1 is 0.971 bits per heavy atom. The minimum absolute atomic E-state index is 0.0511. The van der Waals surface area contributed by atoms with Crippen molar-refractivity contribution < 1.29 is 14.3 Å². The molecule has 178 valence electrons. The van der Waals surface area contributed by atoms with Crippen molar-refractivity contribution in [3.05, 3.63) is 67.0 Å². The summed E-state index contributed by atoms with van der Waals surface area (Å²) in [7, 11) is 1.63. The molecule has 3 heterocycles. The summed E-state index contributed by atoms with van der Waals surface area (Å²) in [5.41, 5.74) is 4.60. The third-order valence-corrected chi connectivity index (χ3v) is 6.54. The number of aromatic nitrogens is 3. The Bertz CT molecular complexity index is 1360. The number of hydrogen-bond donors (Lipinski definition) is 1. The van der Waals surface area contributed by atoms with E-state index >= 15 is 0 Å². The molecule has 1 aliphatic rings. The van der Waals surface area contributed by atoms with Gasteiger partial charge in [-0.1, -0.05) is 6.07 Å². The first-order valence-corrected chi connectivity index (χ1v) is 11.7. The van der Waals surface area contributed by atoms with E-state index in [1.54, 1.807) is 31.3 Å². The SMILES string of the molecule is COc1ccc(-n2c(NC(=O)C3CCN(C(C)=O)CC3)nc3ccc(-c4ccncc4)cc32)cc1. The third-order valence-electron chi connectivity index (χ3n) is 6.54. The lowest BCUT2D eigenvalue weighted by Crippen LogP contribution is -2.40. The number of benzene rings is 2. The molecule has 1 aliphatic heterocycles. The van der Waals surface area contributed by atoms with Crippen LogP contribution < -0.4 is 10.1 Å². The highest BCUT2D eigenvalue weighted by Crippen LogP contribution is 2.30. The van der Waals surface area contributed by atoms with Gasteiger partial charge in [0.1, 0.15) is 5.75 Å². The summed E-state index contributed by atoms with van der Waals surface area (Å²) in [5.74, 6) is 1.03. The van der Waals surface area contributed by atoms with Crippen molar-refractivity contribution in [2.24, 2.45) is 5.92 Å². The maximum atomic E-state index is 13.2. The Morgan fingerprint density at radius 2 is 1.69 bits per heavy atom. The second kappa shape index (κ2) is 9.58. The van der Waals surface area contributed by atoms with Crippen LogP contribution in [0.5, 0.6) is 5.75 Å². The average Bonchev–Trinajstić information content (AvgIpc) is 3.26. The quantitative estimate of drug-likeness (QED) is 0.471. The van der Waals surface area contributed by atoms with E-state index in [9.17, 15) is 9.59 Å². The summed E-state index contributed by atoms with van der Waals surface area (Å²) >= 11 is 0. The number of ether oxygens (including phenoxy) is 1. The molecule has 0 radical (unpaired) electrons. The van der Waals surface area contributed by atoms with Gasteiger partial charge >= 0.3 is 0 Å². The van der Waals surface area contributed by atoms with E-state index in [2.05, 4.69) is 16.4 Å². The maximum absolute atomic E-state index is 13.2. The van der Waals surface area contributed by atoms with Crippen LogP contribution in [-0.2, 0) is 9.59 Å². The van der Waals surface area contributed by atoms with Gasteiger partial charge in [0.05, 0.1) is 18.1 Å². The molecule has 2 aromatic heterocycles. The number of likely N-dealkylation sites (tertiary alicyclic amines) is 1. The number of hydrogen-bond acceptors (Lipinski definition) is 5. The molecule has 2 amide bonds. The van der Waals surface area contributed by atoms with Gasteiger partial charge in [-0.05, 0) is 72.5 Å². The van der Waals surface area contributed by atoms with Crippen LogP contribution in [-0.4, -0.2) is 51.4 Å². The van der Waals surface area contributed by atoms with Gasteiger partial charge in [-0.3, -0.25) is 24.5 Å². The molecule has 8 nitrogen and oxygen atoms in total. The number of carbonyl (C=O) groups excluding carboxylic acids is 2. The number of methoxy groups -OCH3 is 1. The van der Waals surface area contributed by atoms with E-state index < -0.39 is 0 Å². The maximum Gasteiger partial charge on any atom is 0.229 e. The number of pyridine rings is 1. The zero-order valence-corrected chi connectivity index (χ0v) is 19.8. The molecular weight excluding hydrogens is 442 g/mol. The fourth-order valence-electron chi connectivity index (χ4n) is 4.54. The van der Waals surface area contributed by atoms with Gasteiger partial charge < -0.3 is 9.64 Å². The summed E-state index contributed by atoms with van der Waals surface area (Å²) in [6, 6.07) is 17.6. The Labute approximate surface area is 203 Å². The van der Waals surface area contributed by atoms with Crippen LogP contribution in [0.2, 0.25) is 0 Å². The van der Waals surface area contributed by atoms with E-state index in [0.29, 0.717) is 31.9 Å². The molecule has 1 saturated heterocycles. The van der Waals surface area contributed by atoms with Gasteiger partial charge in [-0.2, -0.15) is 0 Å². The highest BCUT2D eigenvalue weighted by Gasteiger charge is 2.27. The van der Waals surface area contributed by atoms with Crippen molar-refractivity contribution >= 4 is 28.8 Å². The molecule has 0 aliphatic carbocycles. The first-order chi connectivity index (χ1) is 17.0. The van der Waals surface area contributed by atoms with Gasteiger partial charge in [0.25, 0.3) is 0 Å². The number of nitrogens with one attached hydrogen (secondary N) is 1. The summed E-state index contributed by atoms with van der Waals surface area (Å²) in [6.45, 7) is 2.76. The first kappa shape index (κ1) is 22.6. The molecule has 0 spiro atoms. The van der Waals surface area contributed by atoms with Gasteiger partial charge in [-0.15, -0.1) is 0 Å². The van der Waals surface area contributed by atoms with E-state index in [4.69, 9.17) is 9.72 Å². The zero-order valence-electron chi connectivity index (χ0n) is 19.8. The van der Waals surface area contributed by atoms with Gasteiger partial charge in [0.2, 0.25) is 17.8 Å². The van der Waals surface area contributed by atoms with Crippen molar-refractivity contribution in [2.75, 3.05) is 25.5 Å². The van der Waals surface area contributed by atoms with Crippen LogP contribution in [0.1, 0.15) is 19.8 Å². The molecule has 0 saturated carbocycles. The smallest absolute Gasteiger partial charge is 0.229 e. The van der Waals surface area contributed by atoms with Crippen LogP contribution in [0, 0.1) is 5.92 Å². The number of imidazole rings is 1. The summed E-state index contributed by atoms with van der Waals surface area (Å²) < 4.78 is 7.28. The second-order valence-electron chi connectivity index (χ2n) is 8.68. The van der Waals surface area contributed by atoms with Gasteiger partial charge in [-0.25, -0.2) is 4.98 Å². The van der Waals surface area contributed by atoms with Crippen molar-refractivity contribution in [1.29, 1.82) is 0 Å². The molecule has 0 unspecified atom stereocenters. The van der Waals surface area contributed by atoms with Crippen LogP contribution in [0.15, 0.2) is 67.0 Å². The lowest BCUT2D eigenvalue weighted by molar-refractivity contribution is -0.132. The molecular formula is C27H27N5O3. The Kier molecular flexibility index (Phi) is 6.18. The lowest BCUT2D eigenvalue weighted by Gasteiger charge is -2.30. The number of nitrogens with zero attached hydrogens (tertiary/aromatic N) is 4. The number of rotatable bonds is 5. The molecule has 4 aromatic rings. The predicted molar refractivity (Wildman–Crippen MR) is 134 cm³/mol. The minimum Gasteiger partial charge on any atom is -0.497 e. The normalized spacial score (nSPS) is 14.2. The lowest BCUT2D eigenvalue weighted by atomic mass is 9.96. The fourth-order valence-corrected chi connectivity index (χ4v) is 4.54. The highest BCUT2D eigenvalue weighted by atomic mass is 16.5. The van der Waals surface area contributed by atoms with Crippen molar-refractivity contribution in [3.63, 3.8) is 0 Å². The molecule has 0 atom stereocenters. The summed E-state index contributed by atoms with van der Waals surface area (Å²) in [5, 5.41) is 3.07. The Balaban J connectivity index is 1.52. The number of anilines is 1. The molecule has 1 N–H and O–H groups in total. The van der Waals surface area contributed by atoms with E-state index in [1.807, 2.05) is 53.1 Å². The zero-order chi connectivity index (χ0) is 24.4. The number of carbonyl (C=O) groups is 2. The number of piperidine rings is 1. The summed E-state index contributed by atoms with van der Waals surface area (Å²) in [6.07, 6.45) is 4.81. The van der Waals surface area contributed by atoms with Crippen molar-refractivity contribution in [1.82, 2.24) is 19.4 Å². The standard InChI is InChI=1S/C27H27N5O3/c1-18(33)31-15-11-20(12-16-31)26(34)30-27-29-24-8-3-21(19-9-13-28-14-10-19)17-25(24)32(27)22-4-6-23(35-2)7-5-22/h3-10,13-14,17,20H,11-12,15-16H2,1-2H3,(H,29,30,34). The molecule has 5 rings (SSSR count). The van der Waals surface area contributed by atoms with Crippen LogP contribution in [0.4, 0.5) is 5.95 Å². The van der Waals surface area contributed by atoms with E-state index in [1.165, 1.54) is 0 Å². The predicted octanol–water partition coefficient (Wildman–Crippen LogP) is 4.29. The Morgan fingerprint density at radius 3 is 2.34 bits per heavy atom. The average molecular weight is 470 g/mol. The van der Waals surface area contributed by atoms with E-state index in [0.717, 1.165) is 33.6 Å². The second-order valence-corrected chi connectivity index (χ2v) is 8.68. The topological polar surface area (TPSA) is 89.4 Å². The van der Waals surface area contributed by atoms with Crippen LogP contribution >= 0.6 is 0 Å². The fraction of sp³-hybridized carbons (Fsp3) is 0.259. The molecule has 35 heavy (non-hydrogen) atoms. The van der Waals surface area contributed by atoms with E-state index in [-0.39, 0.29) is 17.7 Å². The van der Waals surface area contributed by atoms with Crippen molar-refractivity contribution in [3.8, 4) is 22.6 Å². The minimum atomic E-state index is -0.165. The molecule has 8 heteroatoms. The number of fused-ring (bicyclic) bond motifs is 1. The summed E-state index contributed by atoms with van der Waals surface area (Å²) in [4.78, 5) is 35.5. The van der Waals surface area contributed by atoms with Gasteiger partial charge in [0.15, 0.2) is 0 Å². The van der Waals surface area contributed by atoms with Crippen molar-refractivity contribution in [2.45, 2.75) is 19.8 Å². The largest absolute Gasteiger partial charge is 0.497 e. The Hall–Kier alpha value is -4.20. The highest BCUT2D eigenvalue weighted by molar-refractivity contribution is 5.95. The van der Waals surface area contributed by atoms with Crippen LogP contribution in [0.25, 0.3) is 27.8 Å². The van der Waals surface area contributed by atoms with Crippen LogP contribution in [0.3, 0.4) is 0 Å². The third kappa shape index (κ3) is 4.59. The molecule has 2 aromatic carbocycles. The molecule has 0 bridgehead atoms. The molecule has 1 fully saturated rings. The monoisotopic (exact) mass is 469 g/mol. The number of amides is 2.